The van der Waals surface area contributed by atoms with E-state index < -0.39 is 0 Å². The van der Waals surface area contributed by atoms with Crippen molar-refractivity contribution in [1.82, 2.24) is 0 Å². The van der Waals surface area contributed by atoms with Crippen molar-refractivity contribution in [3.8, 4) is 0 Å². The predicted octanol–water partition coefficient (Wildman–Crippen LogP) is 2.53. The summed E-state index contributed by atoms with van der Waals surface area (Å²) < 4.78 is 0.981. The van der Waals surface area contributed by atoms with Crippen LogP contribution in [0.15, 0.2) is 22.7 Å². The van der Waals surface area contributed by atoms with Crippen LogP contribution in [-0.2, 0) is 6.54 Å². The number of hydrogen-bond donors (Lipinski definition) is 0. The fraction of sp³-hybridized carbons (Fsp3) is 0.250. The molecule has 1 rings (SSSR count). The Morgan fingerprint density at radius 3 is 2.75 bits per heavy atom. The minimum Gasteiger partial charge on any atom is -0.264 e. The van der Waals surface area contributed by atoms with E-state index >= 15 is 0 Å². The molecule has 0 saturated carbocycles. The van der Waals surface area contributed by atoms with Crippen molar-refractivity contribution in [2.75, 3.05) is 0 Å². The van der Waals surface area contributed by atoms with Crippen molar-refractivity contribution in [3.63, 3.8) is 0 Å². The van der Waals surface area contributed by atoms with Crippen LogP contribution in [0.4, 0.5) is 0 Å². The first-order valence-corrected chi connectivity index (χ1v) is 4.25. The second-order valence-electron chi connectivity index (χ2n) is 2.57. The molecule has 0 amide bonds. The molecule has 12 heavy (non-hydrogen) atoms. The Hall–Kier alpha value is -0.900. The number of rotatable bonds is 2. The maximum Gasteiger partial charge on any atom is 0.228 e. The van der Waals surface area contributed by atoms with Crippen LogP contribution in [0.5, 0.6) is 0 Å². The maximum atomic E-state index is 10.2. The van der Waals surface area contributed by atoms with Gasteiger partial charge in [0, 0.05) is 15.0 Å². The molecule has 1 aromatic rings. The van der Waals surface area contributed by atoms with E-state index in [-0.39, 0.29) is 11.5 Å². The van der Waals surface area contributed by atoms with Crippen LogP contribution in [0.25, 0.3) is 0 Å². The number of halogens is 1. The summed E-state index contributed by atoms with van der Waals surface area (Å²) >= 11 is 3.33. The van der Waals surface area contributed by atoms with Gasteiger partial charge in [-0.25, -0.2) is 0 Å². The molecule has 0 heterocycles. The summed E-state index contributed by atoms with van der Waals surface area (Å²) in [5.74, 6) is 0. The summed E-state index contributed by atoms with van der Waals surface area (Å²) in [5, 5.41) is 10.2. The van der Waals surface area contributed by atoms with Gasteiger partial charge in [0.15, 0.2) is 0 Å². The monoisotopic (exact) mass is 229 g/mol. The molecule has 0 N–H and O–H groups in total. The first-order valence-electron chi connectivity index (χ1n) is 3.46. The highest BCUT2D eigenvalue weighted by Crippen LogP contribution is 2.17. The highest BCUT2D eigenvalue weighted by atomic mass is 79.9. The second-order valence-corrected chi connectivity index (χ2v) is 3.43. The average molecular weight is 230 g/mol. The number of nitro groups is 1. The molecule has 0 aromatic heterocycles. The van der Waals surface area contributed by atoms with E-state index in [0.29, 0.717) is 0 Å². The SMILES string of the molecule is Cc1cc(C[N+](=O)[O-])ccc1Br. The predicted molar refractivity (Wildman–Crippen MR) is 49.6 cm³/mol. The van der Waals surface area contributed by atoms with E-state index in [4.69, 9.17) is 0 Å². The number of hydrogen-bond acceptors (Lipinski definition) is 2. The van der Waals surface area contributed by atoms with Gasteiger partial charge in [-0.15, -0.1) is 0 Å². The van der Waals surface area contributed by atoms with Gasteiger partial charge in [-0.3, -0.25) is 10.1 Å². The summed E-state index contributed by atoms with van der Waals surface area (Å²) in [5.41, 5.74) is 1.76. The first-order chi connectivity index (χ1) is 5.59. The zero-order chi connectivity index (χ0) is 9.14. The van der Waals surface area contributed by atoms with Crippen molar-refractivity contribution in [2.24, 2.45) is 0 Å². The van der Waals surface area contributed by atoms with Gasteiger partial charge < -0.3 is 0 Å². The largest absolute Gasteiger partial charge is 0.264 e. The van der Waals surface area contributed by atoms with E-state index in [1.807, 2.05) is 19.1 Å². The first kappa shape index (κ1) is 9.19. The van der Waals surface area contributed by atoms with Crippen molar-refractivity contribution < 1.29 is 4.92 Å². The van der Waals surface area contributed by atoms with Crippen LogP contribution in [-0.4, -0.2) is 4.92 Å². The Kier molecular flexibility index (Phi) is 2.81. The Labute approximate surface area is 78.7 Å². The van der Waals surface area contributed by atoms with Crippen LogP contribution in [0.3, 0.4) is 0 Å². The fourth-order valence-electron chi connectivity index (χ4n) is 0.954. The summed E-state index contributed by atoms with van der Waals surface area (Å²) in [7, 11) is 0. The van der Waals surface area contributed by atoms with E-state index in [9.17, 15) is 10.1 Å². The molecule has 4 heteroatoms. The maximum absolute atomic E-state index is 10.2. The molecule has 0 aliphatic carbocycles. The zero-order valence-electron chi connectivity index (χ0n) is 6.58. The third-order valence-electron chi connectivity index (χ3n) is 1.53. The summed E-state index contributed by atoms with van der Waals surface area (Å²) in [6.45, 7) is 1.81. The molecule has 0 aliphatic heterocycles. The van der Waals surface area contributed by atoms with Gasteiger partial charge in [0.2, 0.25) is 6.54 Å². The summed E-state index contributed by atoms with van der Waals surface area (Å²) in [6, 6.07) is 5.39. The number of aryl methyl sites for hydroxylation is 1. The molecule has 0 spiro atoms. The Morgan fingerprint density at radius 2 is 2.25 bits per heavy atom. The molecule has 0 radical (unpaired) electrons. The van der Waals surface area contributed by atoms with Crippen molar-refractivity contribution in [3.05, 3.63) is 43.9 Å². The van der Waals surface area contributed by atoms with E-state index in [2.05, 4.69) is 15.9 Å². The molecular weight excluding hydrogens is 222 g/mol. The quantitative estimate of drug-likeness (QED) is 0.578. The van der Waals surface area contributed by atoms with Gasteiger partial charge in [0.1, 0.15) is 0 Å². The number of nitrogens with zero attached hydrogens (tertiary/aromatic N) is 1. The van der Waals surface area contributed by atoms with Gasteiger partial charge in [-0.2, -0.15) is 0 Å². The van der Waals surface area contributed by atoms with Crippen LogP contribution in [0, 0.1) is 17.0 Å². The standard InChI is InChI=1S/C8H8BrNO2/c1-6-4-7(5-10(11)12)2-3-8(6)9/h2-4H,5H2,1H3. The summed E-state index contributed by atoms with van der Waals surface area (Å²) in [6.07, 6.45) is 0. The van der Waals surface area contributed by atoms with Crippen LogP contribution in [0.2, 0.25) is 0 Å². The Morgan fingerprint density at radius 1 is 1.58 bits per heavy atom. The smallest absolute Gasteiger partial charge is 0.228 e. The molecule has 0 atom stereocenters. The minimum atomic E-state index is -0.331. The second kappa shape index (κ2) is 3.67. The van der Waals surface area contributed by atoms with Gasteiger partial charge >= 0.3 is 0 Å². The minimum absolute atomic E-state index is 0.103. The molecule has 0 fully saturated rings. The average Bonchev–Trinajstić information content (AvgIpc) is 1.96. The molecule has 64 valence electrons. The zero-order valence-corrected chi connectivity index (χ0v) is 8.17. The van der Waals surface area contributed by atoms with E-state index in [1.54, 1.807) is 6.07 Å². The third-order valence-corrected chi connectivity index (χ3v) is 2.42. The Balaban J connectivity index is 2.89. The van der Waals surface area contributed by atoms with Gasteiger partial charge in [0.05, 0.1) is 0 Å². The van der Waals surface area contributed by atoms with Gasteiger partial charge in [-0.1, -0.05) is 22.0 Å². The highest BCUT2D eigenvalue weighted by Gasteiger charge is 2.02. The lowest BCUT2D eigenvalue weighted by atomic mass is 10.1. The lowest BCUT2D eigenvalue weighted by Gasteiger charge is -1.99. The highest BCUT2D eigenvalue weighted by molar-refractivity contribution is 9.10. The van der Waals surface area contributed by atoms with Crippen molar-refractivity contribution in [1.29, 1.82) is 0 Å². The molecule has 3 nitrogen and oxygen atoms in total. The van der Waals surface area contributed by atoms with Crippen LogP contribution in [0.1, 0.15) is 11.1 Å². The molecule has 0 saturated heterocycles. The van der Waals surface area contributed by atoms with E-state index in [1.165, 1.54) is 0 Å². The molecule has 1 aromatic carbocycles. The molecule has 0 bridgehead atoms. The van der Waals surface area contributed by atoms with Gasteiger partial charge in [-0.05, 0) is 24.6 Å². The van der Waals surface area contributed by atoms with E-state index in [0.717, 1.165) is 15.6 Å². The van der Waals surface area contributed by atoms with Crippen molar-refractivity contribution in [2.45, 2.75) is 13.5 Å². The number of benzene rings is 1. The van der Waals surface area contributed by atoms with Gasteiger partial charge in [0.25, 0.3) is 0 Å². The topological polar surface area (TPSA) is 43.1 Å². The summed E-state index contributed by atoms with van der Waals surface area (Å²) in [4.78, 5) is 9.83. The normalized spacial score (nSPS) is 9.83. The third kappa shape index (κ3) is 2.30. The van der Waals surface area contributed by atoms with Crippen LogP contribution < -0.4 is 0 Å². The Bertz CT molecular complexity index is 312. The fourth-order valence-corrected chi connectivity index (χ4v) is 1.20. The van der Waals surface area contributed by atoms with Crippen LogP contribution >= 0.6 is 15.9 Å². The lowest BCUT2D eigenvalue weighted by molar-refractivity contribution is -0.496. The van der Waals surface area contributed by atoms with Crippen molar-refractivity contribution >= 4 is 15.9 Å². The molecule has 0 aliphatic rings. The molecule has 0 unspecified atom stereocenters. The lowest BCUT2D eigenvalue weighted by Crippen LogP contribution is -1.98. The molecular formula is C8H8BrNO2.